The average molecular weight is 327 g/mol. The normalized spacial score (nSPS) is 18.4. The van der Waals surface area contributed by atoms with Crippen LogP contribution in [-0.2, 0) is 6.54 Å². The van der Waals surface area contributed by atoms with Gasteiger partial charge in [-0.1, -0.05) is 30.3 Å². The summed E-state index contributed by atoms with van der Waals surface area (Å²) in [5.41, 5.74) is 1.19. The molecule has 0 spiro atoms. The average Bonchev–Trinajstić information content (AvgIpc) is 3.50. The molecule has 0 radical (unpaired) electrons. The Morgan fingerprint density at radius 1 is 1.26 bits per heavy atom. The predicted octanol–water partition coefficient (Wildman–Crippen LogP) is 3.97. The largest absolute Gasteiger partial charge is 0.328 e. The van der Waals surface area contributed by atoms with Crippen molar-refractivity contribution in [1.29, 1.82) is 0 Å². The summed E-state index contributed by atoms with van der Waals surface area (Å²) in [6.07, 6.45) is 6.43. The molecule has 0 saturated heterocycles. The van der Waals surface area contributed by atoms with E-state index in [2.05, 4.69) is 22.4 Å². The monoisotopic (exact) mass is 327 g/mol. The number of urea groups is 1. The van der Waals surface area contributed by atoms with Gasteiger partial charge in [0.25, 0.3) is 0 Å². The second kappa shape index (κ2) is 6.32. The number of carbonyl (C=O) groups excluding carboxylic acids is 1. The van der Waals surface area contributed by atoms with Crippen LogP contribution < -0.4 is 5.32 Å². The Morgan fingerprint density at radius 2 is 2.04 bits per heavy atom. The molecule has 2 aliphatic rings. The van der Waals surface area contributed by atoms with Crippen molar-refractivity contribution in [2.24, 2.45) is 5.92 Å². The van der Waals surface area contributed by atoms with E-state index in [1.165, 1.54) is 18.4 Å². The fraction of sp³-hybridized carbons (Fsp3) is 0.444. The number of amides is 2. The van der Waals surface area contributed by atoms with Gasteiger partial charge in [0, 0.05) is 24.2 Å². The Bertz CT molecular complexity index is 650. The number of carbonyl (C=O) groups is 1. The molecular formula is C18H21N3OS. The first-order valence-corrected chi connectivity index (χ1v) is 9.19. The number of nitrogens with zero attached hydrogens (tertiary/aromatic N) is 2. The zero-order chi connectivity index (χ0) is 15.6. The van der Waals surface area contributed by atoms with Crippen LogP contribution in [0.2, 0.25) is 0 Å². The maximum absolute atomic E-state index is 12.9. The summed E-state index contributed by atoms with van der Waals surface area (Å²) in [7, 11) is 0. The van der Waals surface area contributed by atoms with E-state index in [-0.39, 0.29) is 12.1 Å². The van der Waals surface area contributed by atoms with Gasteiger partial charge in [0.2, 0.25) is 0 Å². The molecule has 1 atom stereocenters. The van der Waals surface area contributed by atoms with Crippen LogP contribution in [0.5, 0.6) is 0 Å². The minimum atomic E-state index is 0.0588. The van der Waals surface area contributed by atoms with E-state index in [1.54, 1.807) is 11.3 Å². The minimum absolute atomic E-state index is 0.0588. The Kier molecular flexibility index (Phi) is 4.04. The van der Waals surface area contributed by atoms with Crippen molar-refractivity contribution in [1.82, 2.24) is 15.2 Å². The molecule has 0 aliphatic heterocycles. The van der Waals surface area contributed by atoms with Gasteiger partial charge in [-0.3, -0.25) is 0 Å². The van der Waals surface area contributed by atoms with Gasteiger partial charge < -0.3 is 10.2 Å². The smallest absolute Gasteiger partial charge is 0.318 e. The quantitative estimate of drug-likeness (QED) is 0.872. The van der Waals surface area contributed by atoms with Crippen molar-refractivity contribution < 1.29 is 4.79 Å². The number of aromatic nitrogens is 1. The van der Waals surface area contributed by atoms with Crippen LogP contribution in [-0.4, -0.2) is 22.0 Å². The van der Waals surface area contributed by atoms with Gasteiger partial charge in [0.15, 0.2) is 0 Å². The van der Waals surface area contributed by atoms with Crippen LogP contribution in [0.3, 0.4) is 0 Å². The molecule has 2 aliphatic carbocycles. The van der Waals surface area contributed by atoms with E-state index < -0.39 is 0 Å². The van der Waals surface area contributed by atoms with Crippen LogP contribution in [0.15, 0.2) is 41.9 Å². The van der Waals surface area contributed by atoms with Gasteiger partial charge in [0.1, 0.15) is 5.01 Å². The maximum atomic E-state index is 12.9. The Morgan fingerprint density at radius 3 is 2.65 bits per heavy atom. The highest BCUT2D eigenvalue weighted by molar-refractivity contribution is 7.09. The van der Waals surface area contributed by atoms with E-state index in [0.29, 0.717) is 18.5 Å². The maximum Gasteiger partial charge on any atom is 0.318 e. The van der Waals surface area contributed by atoms with Gasteiger partial charge in [-0.25, -0.2) is 9.78 Å². The summed E-state index contributed by atoms with van der Waals surface area (Å²) in [5, 5.41) is 6.28. The zero-order valence-electron chi connectivity index (χ0n) is 13.0. The second-order valence-electron chi connectivity index (χ2n) is 6.48. The first kappa shape index (κ1) is 14.7. The molecule has 23 heavy (non-hydrogen) atoms. The summed E-state index contributed by atoms with van der Waals surface area (Å²) in [6.45, 7) is 0.687. The van der Waals surface area contributed by atoms with Crippen molar-refractivity contribution in [3.05, 3.63) is 52.5 Å². The van der Waals surface area contributed by atoms with Crippen LogP contribution in [0.4, 0.5) is 4.79 Å². The highest BCUT2D eigenvalue weighted by Gasteiger charge is 2.38. The lowest BCUT2D eigenvalue weighted by Gasteiger charge is -2.26. The van der Waals surface area contributed by atoms with Gasteiger partial charge in [-0.15, -0.1) is 11.3 Å². The molecule has 2 amide bonds. The fourth-order valence-electron chi connectivity index (χ4n) is 2.95. The molecule has 5 heteroatoms. The van der Waals surface area contributed by atoms with Crippen molar-refractivity contribution in [2.45, 2.75) is 44.3 Å². The summed E-state index contributed by atoms with van der Waals surface area (Å²) in [6, 6.07) is 10.8. The summed E-state index contributed by atoms with van der Waals surface area (Å²) < 4.78 is 0. The van der Waals surface area contributed by atoms with E-state index in [9.17, 15) is 4.79 Å². The van der Waals surface area contributed by atoms with Gasteiger partial charge in [-0.2, -0.15) is 0 Å². The van der Waals surface area contributed by atoms with Gasteiger partial charge >= 0.3 is 6.03 Å². The molecule has 4 nitrogen and oxygen atoms in total. The van der Waals surface area contributed by atoms with Crippen molar-refractivity contribution in [3.8, 4) is 0 Å². The number of nitrogens with one attached hydrogen (secondary N) is 1. The number of hydrogen-bond acceptors (Lipinski definition) is 3. The van der Waals surface area contributed by atoms with Crippen LogP contribution in [0.1, 0.15) is 42.3 Å². The third kappa shape index (κ3) is 3.55. The lowest BCUT2D eigenvalue weighted by atomic mass is 10.2. The molecule has 4 rings (SSSR count). The summed E-state index contributed by atoms with van der Waals surface area (Å²) in [4.78, 5) is 19.3. The Labute approximate surface area is 140 Å². The van der Waals surface area contributed by atoms with Gasteiger partial charge in [-0.05, 0) is 37.2 Å². The van der Waals surface area contributed by atoms with E-state index in [0.717, 1.165) is 17.8 Å². The van der Waals surface area contributed by atoms with E-state index in [1.807, 2.05) is 34.7 Å². The highest BCUT2D eigenvalue weighted by Crippen LogP contribution is 2.42. The molecule has 2 aromatic rings. The molecule has 1 aromatic carbocycles. The van der Waals surface area contributed by atoms with E-state index in [4.69, 9.17) is 0 Å². The Hall–Kier alpha value is -1.88. The minimum Gasteiger partial charge on any atom is -0.328 e. The zero-order valence-corrected chi connectivity index (χ0v) is 13.8. The van der Waals surface area contributed by atoms with Crippen molar-refractivity contribution in [2.75, 3.05) is 0 Å². The molecule has 1 N–H and O–H groups in total. The topological polar surface area (TPSA) is 45.2 Å². The van der Waals surface area contributed by atoms with Crippen molar-refractivity contribution >= 4 is 17.4 Å². The molecule has 1 heterocycles. The molecule has 2 saturated carbocycles. The molecule has 1 aromatic heterocycles. The molecule has 0 unspecified atom stereocenters. The first-order chi connectivity index (χ1) is 11.3. The summed E-state index contributed by atoms with van der Waals surface area (Å²) >= 11 is 1.64. The molecule has 2 fully saturated rings. The fourth-order valence-corrected chi connectivity index (χ4v) is 3.73. The van der Waals surface area contributed by atoms with E-state index >= 15 is 0 Å². The van der Waals surface area contributed by atoms with Gasteiger partial charge in [0.05, 0.1) is 6.04 Å². The third-order valence-electron chi connectivity index (χ3n) is 4.53. The van der Waals surface area contributed by atoms with Crippen molar-refractivity contribution in [3.63, 3.8) is 0 Å². The predicted molar refractivity (Wildman–Crippen MR) is 91.1 cm³/mol. The highest BCUT2D eigenvalue weighted by atomic mass is 32.1. The second-order valence-corrected chi connectivity index (χ2v) is 7.41. The molecular weight excluding hydrogens is 306 g/mol. The standard InChI is InChI=1S/C18H21N3OS/c22-18(20-16(14-6-7-14)17-19-10-11-23-17)21(15-8-9-15)12-13-4-2-1-3-5-13/h1-5,10-11,14-16H,6-9,12H2,(H,20,22)/t16-/m1/s1. The van der Waals surface area contributed by atoms with Crippen LogP contribution in [0.25, 0.3) is 0 Å². The first-order valence-electron chi connectivity index (χ1n) is 8.32. The number of benzene rings is 1. The Balaban J connectivity index is 1.47. The lowest BCUT2D eigenvalue weighted by molar-refractivity contribution is 0.186. The summed E-state index contributed by atoms with van der Waals surface area (Å²) in [5.74, 6) is 0.558. The SMILES string of the molecule is O=C(N[C@@H](c1nccs1)C1CC1)N(Cc1ccccc1)C1CC1. The lowest BCUT2D eigenvalue weighted by Crippen LogP contribution is -2.43. The van der Waals surface area contributed by atoms with Crippen LogP contribution in [0, 0.1) is 5.92 Å². The molecule has 120 valence electrons. The molecule has 0 bridgehead atoms. The third-order valence-corrected chi connectivity index (χ3v) is 5.39. The number of rotatable bonds is 6. The number of hydrogen-bond donors (Lipinski definition) is 1. The van der Waals surface area contributed by atoms with Crippen LogP contribution >= 0.6 is 11.3 Å². The number of thiazole rings is 1.